The summed E-state index contributed by atoms with van der Waals surface area (Å²) >= 11 is 0. The predicted octanol–water partition coefficient (Wildman–Crippen LogP) is 3.65. The van der Waals surface area contributed by atoms with Gasteiger partial charge in [0, 0.05) is 28.9 Å². The molecular weight excluding hydrogens is 272 g/mol. The van der Waals surface area contributed by atoms with E-state index in [1.165, 1.54) is 12.1 Å². The molecule has 0 bridgehead atoms. The fourth-order valence-corrected chi connectivity index (χ4v) is 2.50. The number of hydrogen-bond acceptors (Lipinski definition) is 3. The summed E-state index contributed by atoms with van der Waals surface area (Å²) in [5.41, 5.74) is 2.07. The molecule has 0 amide bonds. The maximum absolute atomic E-state index is 11.3. The van der Waals surface area contributed by atoms with E-state index >= 15 is 0 Å². The van der Waals surface area contributed by atoms with Gasteiger partial charge in [0.05, 0.1) is 4.92 Å². The van der Waals surface area contributed by atoms with Crippen LogP contribution in [0, 0.1) is 17.0 Å². The molecule has 1 N–H and O–H groups in total. The molecule has 21 heavy (non-hydrogen) atoms. The maximum atomic E-state index is 11.3. The zero-order valence-electron chi connectivity index (χ0n) is 12.0. The van der Waals surface area contributed by atoms with Crippen LogP contribution in [0.3, 0.4) is 0 Å². The number of carbonyl (C=O) groups is 1. The zero-order valence-corrected chi connectivity index (χ0v) is 12.0. The lowest BCUT2D eigenvalue weighted by molar-refractivity contribution is -0.385. The van der Waals surface area contributed by atoms with Gasteiger partial charge in [-0.15, -0.1) is 0 Å². The number of hydrogen-bond donors (Lipinski definition) is 1. The molecule has 0 aliphatic rings. The van der Waals surface area contributed by atoms with Gasteiger partial charge in [-0.1, -0.05) is 12.1 Å². The van der Waals surface area contributed by atoms with Gasteiger partial charge in [0.1, 0.15) is 5.69 Å². The highest BCUT2D eigenvalue weighted by molar-refractivity contribution is 5.88. The molecule has 1 aromatic carbocycles. The number of nitro benzene ring substituents is 1. The van der Waals surface area contributed by atoms with Crippen LogP contribution in [0.5, 0.6) is 0 Å². The molecule has 0 aliphatic heterocycles. The Hall–Kier alpha value is -2.63. The van der Waals surface area contributed by atoms with Gasteiger partial charge in [0.25, 0.3) is 5.69 Å². The molecule has 1 aromatic heterocycles. The molecule has 0 unspecified atom stereocenters. The monoisotopic (exact) mass is 288 g/mol. The summed E-state index contributed by atoms with van der Waals surface area (Å²) < 4.78 is 1.67. The second-order valence-corrected chi connectivity index (χ2v) is 5.08. The van der Waals surface area contributed by atoms with E-state index in [2.05, 4.69) is 0 Å². The van der Waals surface area contributed by atoms with Crippen LogP contribution in [0.4, 0.5) is 5.69 Å². The van der Waals surface area contributed by atoms with Crippen LogP contribution in [0.2, 0.25) is 0 Å². The lowest BCUT2D eigenvalue weighted by Gasteiger charge is -2.16. The zero-order chi connectivity index (χ0) is 15.7. The molecule has 6 nitrogen and oxygen atoms in total. The van der Waals surface area contributed by atoms with Gasteiger partial charge in [-0.25, -0.2) is 4.79 Å². The average Bonchev–Trinajstić information content (AvgIpc) is 2.83. The number of aromatic carboxylic acids is 1. The average molecular weight is 288 g/mol. The van der Waals surface area contributed by atoms with Crippen molar-refractivity contribution in [3.8, 4) is 11.3 Å². The first-order valence-corrected chi connectivity index (χ1v) is 6.53. The lowest BCUT2D eigenvalue weighted by Crippen LogP contribution is -2.12. The van der Waals surface area contributed by atoms with E-state index in [1.807, 2.05) is 13.8 Å². The number of aromatic nitrogens is 1. The first-order valence-electron chi connectivity index (χ1n) is 6.53. The highest BCUT2D eigenvalue weighted by Gasteiger charge is 2.21. The molecule has 0 atom stereocenters. The molecule has 6 heteroatoms. The second kappa shape index (κ2) is 5.40. The first-order chi connectivity index (χ1) is 9.84. The minimum atomic E-state index is -1.02. The molecular formula is C15H16N2O4. The van der Waals surface area contributed by atoms with E-state index < -0.39 is 10.9 Å². The Labute approximate surface area is 121 Å². The number of nitrogens with zero attached hydrogens (tertiary/aromatic N) is 2. The lowest BCUT2D eigenvalue weighted by atomic mass is 10.0. The summed E-state index contributed by atoms with van der Waals surface area (Å²) in [6, 6.07) is 7.96. The predicted molar refractivity (Wildman–Crippen MR) is 78.6 cm³/mol. The second-order valence-electron chi connectivity index (χ2n) is 5.08. The number of carboxylic acids is 1. The molecule has 0 saturated carbocycles. The molecule has 2 aromatic rings. The van der Waals surface area contributed by atoms with Crippen LogP contribution in [-0.4, -0.2) is 20.6 Å². The molecule has 0 saturated heterocycles. The third kappa shape index (κ3) is 2.52. The Balaban J connectivity index is 2.71. The van der Waals surface area contributed by atoms with E-state index in [1.54, 1.807) is 29.7 Å². The van der Waals surface area contributed by atoms with Crippen molar-refractivity contribution in [1.82, 2.24) is 4.57 Å². The van der Waals surface area contributed by atoms with Gasteiger partial charge in [-0.2, -0.15) is 0 Å². The maximum Gasteiger partial charge on any atom is 0.352 e. The van der Waals surface area contributed by atoms with Crippen molar-refractivity contribution in [3.05, 3.63) is 51.7 Å². The Morgan fingerprint density at radius 2 is 1.95 bits per heavy atom. The van der Waals surface area contributed by atoms with Crippen LogP contribution in [0.25, 0.3) is 11.3 Å². The Bertz CT molecular complexity index is 716. The van der Waals surface area contributed by atoms with E-state index in [4.69, 9.17) is 0 Å². The molecule has 0 radical (unpaired) electrons. The minimum absolute atomic E-state index is 0.0286. The van der Waals surface area contributed by atoms with Crippen molar-refractivity contribution in [2.45, 2.75) is 26.8 Å². The van der Waals surface area contributed by atoms with Crippen LogP contribution in [0.1, 0.15) is 35.9 Å². The number of nitro groups is 1. The van der Waals surface area contributed by atoms with Crippen molar-refractivity contribution in [2.24, 2.45) is 0 Å². The number of rotatable bonds is 4. The number of carboxylic acid groups (broad SMARTS) is 1. The largest absolute Gasteiger partial charge is 0.477 e. The fourth-order valence-electron chi connectivity index (χ4n) is 2.50. The Morgan fingerprint density at radius 3 is 2.48 bits per heavy atom. The Morgan fingerprint density at radius 1 is 1.29 bits per heavy atom. The van der Waals surface area contributed by atoms with E-state index in [0.29, 0.717) is 16.8 Å². The summed E-state index contributed by atoms with van der Waals surface area (Å²) in [4.78, 5) is 21.9. The molecule has 0 aliphatic carbocycles. The van der Waals surface area contributed by atoms with Gasteiger partial charge in [0.2, 0.25) is 0 Å². The van der Waals surface area contributed by atoms with Gasteiger partial charge in [0.15, 0.2) is 0 Å². The van der Waals surface area contributed by atoms with E-state index in [-0.39, 0.29) is 17.4 Å². The third-order valence-electron chi connectivity index (χ3n) is 3.43. The summed E-state index contributed by atoms with van der Waals surface area (Å²) in [5, 5.41) is 20.3. The van der Waals surface area contributed by atoms with Crippen molar-refractivity contribution < 1.29 is 14.8 Å². The summed E-state index contributed by atoms with van der Waals surface area (Å²) in [5.74, 6) is -1.02. The van der Waals surface area contributed by atoms with Crippen LogP contribution >= 0.6 is 0 Å². The van der Waals surface area contributed by atoms with Gasteiger partial charge in [-0.3, -0.25) is 10.1 Å². The standard InChI is InChI=1S/C15H16N2O4/c1-9(2)16-13(7-8-14(16)15(18)19)11-5-4-6-12(10(11)3)17(20)21/h4-9H,1-3H3,(H,18,19). The quantitative estimate of drug-likeness (QED) is 0.687. The highest BCUT2D eigenvalue weighted by Crippen LogP contribution is 2.32. The molecule has 110 valence electrons. The van der Waals surface area contributed by atoms with Crippen molar-refractivity contribution in [3.63, 3.8) is 0 Å². The smallest absolute Gasteiger partial charge is 0.352 e. The van der Waals surface area contributed by atoms with Crippen LogP contribution < -0.4 is 0 Å². The van der Waals surface area contributed by atoms with Crippen molar-refractivity contribution >= 4 is 11.7 Å². The topological polar surface area (TPSA) is 85.4 Å². The first kappa shape index (κ1) is 14.8. The van der Waals surface area contributed by atoms with E-state index in [9.17, 15) is 20.0 Å². The van der Waals surface area contributed by atoms with Crippen LogP contribution in [-0.2, 0) is 0 Å². The Kier molecular flexibility index (Phi) is 3.80. The van der Waals surface area contributed by atoms with Gasteiger partial charge in [-0.05, 0) is 32.9 Å². The molecule has 0 spiro atoms. The third-order valence-corrected chi connectivity index (χ3v) is 3.43. The summed E-state index contributed by atoms with van der Waals surface area (Å²) in [6.07, 6.45) is 0. The summed E-state index contributed by atoms with van der Waals surface area (Å²) in [6.45, 7) is 5.43. The number of benzene rings is 1. The highest BCUT2D eigenvalue weighted by atomic mass is 16.6. The molecule has 0 fully saturated rings. The molecule has 1 heterocycles. The summed E-state index contributed by atoms with van der Waals surface area (Å²) in [7, 11) is 0. The van der Waals surface area contributed by atoms with Crippen molar-refractivity contribution in [2.75, 3.05) is 0 Å². The fraction of sp³-hybridized carbons (Fsp3) is 0.267. The van der Waals surface area contributed by atoms with Gasteiger partial charge < -0.3 is 9.67 Å². The normalized spacial score (nSPS) is 10.9. The van der Waals surface area contributed by atoms with Crippen molar-refractivity contribution in [1.29, 1.82) is 0 Å². The SMILES string of the molecule is Cc1c(-c2ccc(C(=O)O)n2C(C)C)cccc1[N+](=O)[O-]. The minimum Gasteiger partial charge on any atom is -0.477 e. The van der Waals surface area contributed by atoms with E-state index in [0.717, 1.165) is 0 Å². The van der Waals surface area contributed by atoms with Crippen LogP contribution in [0.15, 0.2) is 30.3 Å². The van der Waals surface area contributed by atoms with Gasteiger partial charge >= 0.3 is 5.97 Å². The molecule has 2 rings (SSSR count).